The average molecular weight is 294 g/mol. The second-order valence-corrected chi connectivity index (χ2v) is 4.95. The average Bonchev–Trinajstić information content (AvgIpc) is 2.98. The molecule has 0 saturated carbocycles. The lowest BCUT2D eigenvalue weighted by atomic mass is 10.1. The van der Waals surface area contributed by atoms with Crippen molar-refractivity contribution in [3.8, 4) is 5.75 Å². The molecule has 1 aromatic heterocycles. The van der Waals surface area contributed by atoms with Gasteiger partial charge in [-0.3, -0.25) is 4.79 Å². The van der Waals surface area contributed by atoms with Crippen LogP contribution in [0.15, 0.2) is 54.7 Å². The zero-order valence-corrected chi connectivity index (χ0v) is 12.4. The fourth-order valence-electron chi connectivity index (χ4n) is 2.47. The van der Waals surface area contributed by atoms with Crippen LogP contribution in [0.25, 0.3) is 10.9 Å². The number of ether oxygens (including phenoxy) is 1. The summed E-state index contributed by atoms with van der Waals surface area (Å²) in [6.45, 7) is 2.76. The highest BCUT2D eigenvalue weighted by Gasteiger charge is 2.12. The van der Waals surface area contributed by atoms with Crippen LogP contribution in [-0.4, -0.2) is 23.9 Å². The molecule has 112 valence electrons. The van der Waals surface area contributed by atoms with Gasteiger partial charge in [0.2, 0.25) is 0 Å². The van der Waals surface area contributed by atoms with Crippen molar-refractivity contribution in [2.75, 3.05) is 18.5 Å². The molecule has 0 fully saturated rings. The standard InChI is InChI=1S/C18H18N2O2/c1-2-22-18-10-6-5-9-16(18)20-12-17(21)14-11-19-15-8-4-3-7-13(14)15/h3-11,19-20H,2,12H2,1H3. The molecule has 0 aliphatic carbocycles. The quantitative estimate of drug-likeness (QED) is 0.679. The number of Topliss-reactive ketones (excluding diaryl/α,β-unsaturated/α-hetero) is 1. The summed E-state index contributed by atoms with van der Waals surface area (Å²) < 4.78 is 5.55. The van der Waals surface area contributed by atoms with E-state index in [0.29, 0.717) is 12.2 Å². The maximum Gasteiger partial charge on any atom is 0.184 e. The number of ketones is 1. The first-order chi connectivity index (χ1) is 10.8. The lowest BCUT2D eigenvalue weighted by Crippen LogP contribution is -2.14. The topological polar surface area (TPSA) is 54.1 Å². The van der Waals surface area contributed by atoms with E-state index in [1.54, 1.807) is 6.20 Å². The minimum atomic E-state index is 0.0451. The third kappa shape index (κ3) is 2.81. The largest absolute Gasteiger partial charge is 0.492 e. The molecule has 2 aromatic carbocycles. The highest BCUT2D eigenvalue weighted by atomic mass is 16.5. The number of hydrogen-bond donors (Lipinski definition) is 2. The second kappa shape index (κ2) is 6.35. The van der Waals surface area contributed by atoms with Gasteiger partial charge in [0.15, 0.2) is 5.78 Å². The van der Waals surface area contributed by atoms with Gasteiger partial charge >= 0.3 is 0 Å². The number of para-hydroxylation sites is 3. The minimum absolute atomic E-state index is 0.0451. The number of aromatic nitrogens is 1. The Balaban J connectivity index is 1.75. The number of aromatic amines is 1. The van der Waals surface area contributed by atoms with Gasteiger partial charge in [-0.15, -0.1) is 0 Å². The van der Waals surface area contributed by atoms with Gasteiger partial charge in [0.25, 0.3) is 0 Å². The Morgan fingerprint density at radius 3 is 2.77 bits per heavy atom. The van der Waals surface area contributed by atoms with Crippen molar-refractivity contribution in [1.29, 1.82) is 0 Å². The Kier molecular flexibility index (Phi) is 4.10. The normalized spacial score (nSPS) is 10.6. The molecule has 22 heavy (non-hydrogen) atoms. The van der Waals surface area contributed by atoms with Crippen LogP contribution in [0.1, 0.15) is 17.3 Å². The van der Waals surface area contributed by atoms with Gasteiger partial charge in [-0.25, -0.2) is 0 Å². The highest BCUT2D eigenvalue weighted by molar-refractivity contribution is 6.09. The number of rotatable bonds is 6. The lowest BCUT2D eigenvalue weighted by Gasteiger charge is -2.11. The van der Waals surface area contributed by atoms with E-state index in [-0.39, 0.29) is 12.3 Å². The third-order valence-corrected chi connectivity index (χ3v) is 3.52. The Morgan fingerprint density at radius 1 is 1.14 bits per heavy atom. The molecule has 4 heteroatoms. The van der Waals surface area contributed by atoms with Crippen molar-refractivity contribution in [3.05, 3.63) is 60.3 Å². The van der Waals surface area contributed by atoms with Gasteiger partial charge < -0.3 is 15.0 Å². The second-order valence-electron chi connectivity index (χ2n) is 4.95. The summed E-state index contributed by atoms with van der Waals surface area (Å²) in [5.41, 5.74) is 2.51. The highest BCUT2D eigenvalue weighted by Crippen LogP contribution is 2.24. The lowest BCUT2D eigenvalue weighted by molar-refractivity contribution is 0.101. The van der Waals surface area contributed by atoms with E-state index in [1.807, 2.05) is 55.5 Å². The summed E-state index contributed by atoms with van der Waals surface area (Å²) in [5.74, 6) is 0.806. The molecular weight excluding hydrogens is 276 g/mol. The molecule has 0 aliphatic rings. The number of carbonyl (C=O) groups is 1. The van der Waals surface area contributed by atoms with Crippen LogP contribution in [0.5, 0.6) is 5.75 Å². The van der Waals surface area contributed by atoms with E-state index < -0.39 is 0 Å². The number of benzene rings is 2. The predicted molar refractivity (Wildman–Crippen MR) is 88.7 cm³/mol. The van der Waals surface area contributed by atoms with Crippen molar-refractivity contribution in [2.24, 2.45) is 0 Å². The van der Waals surface area contributed by atoms with E-state index >= 15 is 0 Å². The number of anilines is 1. The molecular formula is C18H18N2O2. The molecule has 0 unspecified atom stereocenters. The zero-order valence-electron chi connectivity index (χ0n) is 12.4. The summed E-state index contributed by atoms with van der Waals surface area (Å²) in [7, 11) is 0. The van der Waals surface area contributed by atoms with E-state index in [9.17, 15) is 4.79 Å². The summed E-state index contributed by atoms with van der Waals surface area (Å²) in [5, 5.41) is 4.11. The first kappa shape index (κ1) is 14.2. The van der Waals surface area contributed by atoms with Crippen LogP contribution in [0.3, 0.4) is 0 Å². The van der Waals surface area contributed by atoms with Crippen LogP contribution in [0.4, 0.5) is 5.69 Å². The van der Waals surface area contributed by atoms with Gasteiger partial charge in [-0.05, 0) is 25.1 Å². The van der Waals surface area contributed by atoms with E-state index in [2.05, 4.69) is 10.3 Å². The molecule has 0 atom stereocenters. The van der Waals surface area contributed by atoms with Gasteiger partial charge in [0.1, 0.15) is 5.75 Å². The Morgan fingerprint density at radius 2 is 1.91 bits per heavy atom. The zero-order chi connectivity index (χ0) is 15.4. The fourth-order valence-corrected chi connectivity index (χ4v) is 2.47. The molecule has 0 spiro atoms. The van der Waals surface area contributed by atoms with Crippen molar-refractivity contribution in [3.63, 3.8) is 0 Å². The molecule has 2 N–H and O–H groups in total. The first-order valence-corrected chi connectivity index (χ1v) is 7.34. The molecule has 1 heterocycles. The van der Waals surface area contributed by atoms with Gasteiger partial charge in [-0.2, -0.15) is 0 Å². The number of nitrogens with one attached hydrogen (secondary N) is 2. The van der Waals surface area contributed by atoms with Crippen molar-refractivity contribution in [2.45, 2.75) is 6.92 Å². The van der Waals surface area contributed by atoms with Crippen molar-refractivity contribution >= 4 is 22.4 Å². The van der Waals surface area contributed by atoms with E-state index in [1.165, 1.54) is 0 Å². The maximum absolute atomic E-state index is 12.4. The smallest absolute Gasteiger partial charge is 0.184 e. The molecule has 0 amide bonds. The minimum Gasteiger partial charge on any atom is -0.492 e. The molecule has 4 nitrogen and oxygen atoms in total. The summed E-state index contributed by atoms with van der Waals surface area (Å²) in [6, 6.07) is 15.4. The fraction of sp³-hybridized carbons (Fsp3) is 0.167. The van der Waals surface area contributed by atoms with Crippen LogP contribution in [-0.2, 0) is 0 Å². The van der Waals surface area contributed by atoms with Crippen molar-refractivity contribution < 1.29 is 9.53 Å². The molecule has 0 aliphatic heterocycles. The number of hydrogen-bond acceptors (Lipinski definition) is 3. The summed E-state index contributed by atoms with van der Waals surface area (Å²) >= 11 is 0. The van der Waals surface area contributed by atoms with Crippen LogP contribution in [0, 0.1) is 0 Å². The molecule has 0 radical (unpaired) electrons. The Labute approximate surface area is 129 Å². The number of H-pyrrole nitrogens is 1. The molecule has 3 rings (SSSR count). The Hall–Kier alpha value is -2.75. The monoisotopic (exact) mass is 294 g/mol. The molecule has 0 saturated heterocycles. The van der Waals surface area contributed by atoms with Crippen molar-refractivity contribution in [1.82, 2.24) is 4.98 Å². The number of fused-ring (bicyclic) bond motifs is 1. The predicted octanol–water partition coefficient (Wildman–Crippen LogP) is 3.86. The van der Waals surface area contributed by atoms with Crippen LogP contribution < -0.4 is 10.1 Å². The number of carbonyl (C=O) groups excluding carboxylic acids is 1. The Bertz CT molecular complexity index is 792. The summed E-state index contributed by atoms with van der Waals surface area (Å²) in [6.07, 6.45) is 1.77. The van der Waals surface area contributed by atoms with Gasteiger partial charge in [-0.1, -0.05) is 30.3 Å². The first-order valence-electron chi connectivity index (χ1n) is 7.34. The third-order valence-electron chi connectivity index (χ3n) is 3.52. The van der Waals surface area contributed by atoms with Gasteiger partial charge in [0, 0.05) is 22.7 Å². The molecule has 0 bridgehead atoms. The molecule has 3 aromatic rings. The van der Waals surface area contributed by atoms with E-state index in [4.69, 9.17) is 4.74 Å². The van der Waals surface area contributed by atoms with E-state index in [0.717, 1.165) is 22.3 Å². The van der Waals surface area contributed by atoms with Gasteiger partial charge in [0.05, 0.1) is 18.8 Å². The van der Waals surface area contributed by atoms with Crippen LogP contribution in [0.2, 0.25) is 0 Å². The van der Waals surface area contributed by atoms with Crippen LogP contribution >= 0.6 is 0 Å². The SMILES string of the molecule is CCOc1ccccc1NCC(=O)c1c[nH]c2ccccc12. The maximum atomic E-state index is 12.4. The summed E-state index contributed by atoms with van der Waals surface area (Å²) in [4.78, 5) is 15.6.